The Hall–Kier alpha value is -2.18. The van der Waals surface area contributed by atoms with Crippen LogP contribution in [0.2, 0.25) is 0 Å². The van der Waals surface area contributed by atoms with Crippen LogP contribution < -0.4 is 10.2 Å². The lowest BCUT2D eigenvalue weighted by Crippen LogP contribution is -3.10. The van der Waals surface area contributed by atoms with Crippen molar-refractivity contribution in [2.24, 2.45) is 0 Å². The molecule has 0 aliphatic carbocycles. The molecule has 1 amide bonds. The van der Waals surface area contributed by atoms with Gasteiger partial charge in [-0.15, -0.1) is 0 Å². The summed E-state index contributed by atoms with van der Waals surface area (Å²) in [4.78, 5) is 14.1. The normalized spacial score (nSPS) is 15.7. The van der Waals surface area contributed by atoms with Gasteiger partial charge in [0.1, 0.15) is 13.1 Å². The van der Waals surface area contributed by atoms with Gasteiger partial charge in [-0.05, 0) is 71.0 Å². The fourth-order valence-corrected chi connectivity index (χ4v) is 4.47. The van der Waals surface area contributed by atoms with E-state index in [9.17, 15) is 4.79 Å². The molecular weight excluding hydrogens is 459 g/mol. The summed E-state index contributed by atoms with van der Waals surface area (Å²) in [6.45, 7) is 5.24. The minimum absolute atomic E-state index is 0.0601. The Labute approximate surface area is 179 Å². The smallest absolute Gasteiger partial charge is 0.255 e. The van der Waals surface area contributed by atoms with Gasteiger partial charge >= 0.3 is 0 Å². The molecule has 0 bridgehead atoms. The number of rotatable bonds is 4. The number of carbonyl (C=O) groups excluding carboxylic acids is 1. The number of fused-ring (bicyclic) bond motifs is 1. The first-order chi connectivity index (χ1) is 13.6. The summed E-state index contributed by atoms with van der Waals surface area (Å²) in [5.41, 5.74) is 6.87. The largest absolute Gasteiger partial charge is 0.327 e. The van der Waals surface area contributed by atoms with Crippen LogP contribution in [0.25, 0.3) is 0 Å². The molecule has 0 saturated carbocycles. The van der Waals surface area contributed by atoms with E-state index in [1.165, 1.54) is 20.3 Å². The highest BCUT2D eigenvalue weighted by molar-refractivity contribution is 14.1. The Balaban J connectivity index is 1.39. The summed E-state index contributed by atoms with van der Waals surface area (Å²) in [6.07, 6.45) is 1.14. The van der Waals surface area contributed by atoms with Crippen LogP contribution >= 0.6 is 22.6 Å². The van der Waals surface area contributed by atoms with Gasteiger partial charge in [0.15, 0.2) is 0 Å². The van der Waals surface area contributed by atoms with Gasteiger partial charge in [-0.1, -0.05) is 36.4 Å². The van der Waals surface area contributed by atoms with Gasteiger partial charge in [-0.3, -0.25) is 4.79 Å². The minimum Gasteiger partial charge on any atom is -0.327 e. The Kier molecular flexibility index (Phi) is 5.78. The summed E-state index contributed by atoms with van der Waals surface area (Å²) in [6, 6.07) is 22.8. The fourth-order valence-electron chi connectivity index (χ4n) is 3.82. The van der Waals surface area contributed by atoms with Gasteiger partial charge in [0.25, 0.3) is 5.91 Å². The van der Waals surface area contributed by atoms with Crippen LogP contribution in [0, 0.1) is 10.5 Å². The van der Waals surface area contributed by atoms with Crippen molar-refractivity contribution in [3.63, 3.8) is 0 Å². The molecule has 0 radical (unpaired) electrons. The van der Waals surface area contributed by atoms with Crippen molar-refractivity contribution < 1.29 is 9.69 Å². The highest BCUT2D eigenvalue weighted by Gasteiger charge is 2.19. The highest BCUT2D eigenvalue weighted by atomic mass is 127. The van der Waals surface area contributed by atoms with E-state index in [2.05, 4.69) is 70.4 Å². The minimum atomic E-state index is -0.0601. The predicted octanol–water partition coefficient (Wildman–Crippen LogP) is 3.99. The molecule has 0 saturated heterocycles. The summed E-state index contributed by atoms with van der Waals surface area (Å²) < 4.78 is 1.17. The van der Waals surface area contributed by atoms with Gasteiger partial charge in [-0.2, -0.15) is 0 Å². The molecule has 0 aromatic heterocycles. The Morgan fingerprint density at radius 3 is 2.54 bits per heavy atom. The van der Waals surface area contributed by atoms with Crippen LogP contribution in [0.15, 0.2) is 66.7 Å². The molecule has 142 valence electrons. The average molecular weight is 483 g/mol. The van der Waals surface area contributed by atoms with Crippen molar-refractivity contribution in [2.75, 3.05) is 11.9 Å². The van der Waals surface area contributed by atoms with Crippen LogP contribution in [0.5, 0.6) is 0 Å². The maximum absolute atomic E-state index is 12.6. The molecule has 1 heterocycles. The van der Waals surface area contributed by atoms with Crippen LogP contribution in [0.3, 0.4) is 0 Å². The Morgan fingerprint density at radius 2 is 1.79 bits per heavy atom. The molecule has 1 aliphatic heterocycles. The molecule has 4 rings (SSSR count). The van der Waals surface area contributed by atoms with Gasteiger partial charge in [0, 0.05) is 32.4 Å². The van der Waals surface area contributed by atoms with E-state index in [1.54, 1.807) is 4.90 Å². The first-order valence-electron chi connectivity index (χ1n) is 9.65. The topological polar surface area (TPSA) is 33.5 Å². The number of hydrogen-bond donors (Lipinski definition) is 2. The van der Waals surface area contributed by atoms with E-state index in [0.717, 1.165) is 37.3 Å². The summed E-state index contributed by atoms with van der Waals surface area (Å²) in [7, 11) is 0. The van der Waals surface area contributed by atoms with Gasteiger partial charge < -0.3 is 10.2 Å². The number of benzene rings is 3. The lowest BCUT2D eigenvalue weighted by molar-refractivity contribution is -0.929. The zero-order chi connectivity index (χ0) is 19.5. The molecule has 0 fully saturated rings. The molecule has 0 spiro atoms. The summed E-state index contributed by atoms with van der Waals surface area (Å²) in [5.74, 6) is -0.0601. The van der Waals surface area contributed by atoms with Gasteiger partial charge in [0.2, 0.25) is 0 Å². The Morgan fingerprint density at radius 1 is 1.04 bits per heavy atom. The molecule has 3 aromatic carbocycles. The lowest BCUT2D eigenvalue weighted by atomic mass is 9.99. The van der Waals surface area contributed by atoms with E-state index in [4.69, 9.17) is 0 Å². The summed E-state index contributed by atoms with van der Waals surface area (Å²) >= 11 is 2.28. The second kappa shape index (κ2) is 8.45. The predicted molar refractivity (Wildman–Crippen MR) is 122 cm³/mol. The number of aryl methyl sites for hydroxylation is 1. The zero-order valence-corrected chi connectivity index (χ0v) is 18.1. The van der Waals surface area contributed by atoms with Crippen molar-refractivity contribution in [1.29, 1.82) is 0 Å². The number of anilines is 1. The van der Waals surface area contributed by atoms with Crippen molar-refractivity contribution in [3.05, 3.63) is 98.1 Å². The zero-order valence-electron chi connectivity index (χ0n) is 16.0. The molecule has 2 N–H and O–H groups in total. The third-order valence-electron chi connectivity index (χ3n) is 5.41. The van der Waals surface area contributed by atoms with Crippen LogP contribution in [-0.4, -0.2) is 12.5 Å². The van der Waals surface area contributed by atoms with Crippen LogP contribution in [-0.2, 0) is 19.5 Å². The molecule has 3 nitrogen and oxygen atoms in total. The molecule has 1 aliphatic rings. The third-order valence-corrected chi connectivity index (χ3v) is 6.08. The number of hydrogen-bond acceptors (Lipinski definition) is 1. The molecular formula is C24H24IN2O+. The second-order valence-electron chi connectivity index (χ2n) is 7.48. The molecule has 4 heteroatoms. The molecule has 3 aromatic rings. The quantitative estimate of drug-likeness (QED) is 0.541. The van der Waals surface area contributed by atoms with Gasteiger partial charge in [0.05, 0.1) is 6.54 Å². The van der Waals surface area contributed by atoms with E-state index >= 15 is 0 Å². The monoisotopic (exact) mass is 483 g/mol. The standard InChI is InChI=1S/C24H23IN2O/c1-17-14-22(25)10-11-23(17)26-24(28)20-8-6-18(7-9-20)15-27-13-12-19-4-2-3-5-21(19)16-27/h2-11,14H,12-13,15-16H2,1H3,(H,26,28)/p+1. The molecule has 28 heavy (non-hydrogen) atoms. The summed E-state index contributed by atoms with van der Waals surface area (Å²) in [5, 5.41) is 3.02. The van der Waals surface area contributed by atoms with Crippen LogP contribution in [0.4, 0.5) is 5.69 Å². The van der Waals surface area contributed by atoms with Crippen molar-refractivity contribution in [2.45, 2.75) is 26.4 Å². The number of halogens is 1. The SMILES string of the molecule is Cc1cc(I)ccc1NC(=O)c1ccc(C[NH+]2CCc3ccccc3C2)cc1. The van der Waals surface area contributed by atoms with Gasteiger partial charge in [-0.25, -0.2) is 0 Å². The van der Waals surface area contributed by atoms with Crippen molar-refractivity contribution in [1.82, 2.24) is 0 Å². The highest BCUT2D eigenvalue weighted by Crippen LogP contribution is 2.19. The maximum Gasteiger partial charge on any atom is 0.255 e. The van der Waals surface area contributed by atoms with Crippen molar-refractivity contribution in [3.8, 4) is 0 Å². The van der Waals surface area contributed by atoms with E-state index < -0.39 is 0 Å². The number of nitrogens with one attached hydrogen (secondary N) is 2. The molecule has 1 unspecified atom stereocenters. The van der Waals surface area contributed by atoms with Crippen LogP contribution in [0.1, 0.15) is 32.6 Å². The first kappa shape index (κ1) is 19.2. The second-order valence-corrected chi connectivity index (χ2v) is 8.73. The maximum atomic E-state index is 12.6. The third kappa shape index (κ3) is 4.45. The lowest BCUT2D eigenvalue weighted by Gasteiger charge is -2.26. The fraction of sp³-hybridized carbons (Fsp3) is 0.208. The van der Waals surface area contributed by atoms with E-state index in [-0.39, 0.29) is 5.91 Å². The van der Waals surface area contributed by atoms with E-state index in [1.807, 2.05) is 31.2 Å². The number of quaternary nitrogens is 1. The van der Waals surface area contributed by atoms with E-state index in [0.29, 0.717) is 5.56 Å². The number of carbonyl (C=O) groups is 1. The first-order valence-corrected chi connectivity index (χ1v) is 10.7. The van der Waals surface area contributed by atoms with Crippen molar-refractivity contribution >= 4 is 34.2 Å². The average Bonchev–Trinajstić information content (AvgIpc) is 2.70. The molecule has 1 atom stereocenters. The number of amides is 1. The Bertz CT molecular complexity index is 998.